The van der Waals surface area contributed by atoms with Crippen LogP contribution in [0.25, 0.3) is 10.9 Å². The molecular formula is C26H25N7O2. The summed E-state index contributed by atoms with van der Waals surface area (Å²) in [6.07, 6.45) is 6.08. The third-order valence-corrected chi connectivity index (χ3v) is 6.16. The third-order valence-electron chi connectivity index (χ3n) is 6.16. The molecular weight excluding hydrogens is 442 g/mol. The van der Waals surface area contributed by atoms with Gasteiger partial charge in [0.2, 0.25) is 5.95 Å². The number of nitrogens with zero attached hydrogens (tertiary/aromatic N) is 7. The van der Waals surface area contributed by atoms with Gasteiger partial charge in [-0.2, -0.15) is 5.26 Å². The van der Waals surface area contributed by atoms with Crippen LogP contribution < -0.4 is 19.3 Å². The zero-order valence-electron chi connectivity index (χ0n) is 19.7. The lowest BCUT2D eigenvalue weighted by atomic mass is 10.1. The summed E-state index contributed by atoms with van der Waals surface area (Å²) in [6.45, 7) is 3.15. The highest BCUT2D eigenvalue weighted by Crippen LogP contribution is 2.35. The number of hydrogen-bond donors (Lipinski definition) is 0. The SMILES string of the molecule is COc1cc2ncnc(N3CCN(c4ncc(Cc5ccc(C#N)cc5)cn4)CC3)c2cc1OC. The van der Waals surface area contributed by atoms with Crippen molar-refractivity contribution in [3.8, 4) is 17.6 Å². The van der Waals surface area contributed by atoms with Crippen LogP contribution in [0.15, 0.2) is 55.1 Å². The van der Waals surface area contributed by atoms with E-state index in [2.05, 4.69) is 35.8 Å². The average Bonchev–Trinajstić information content (AvgIpc) is 2.93. The van der Waals surface area contributed by atoms with Gasteiger partial charge in [0.1, 0.15) is 12.1 Å². The second-order valence-corrected chi connectivity index (χ2v) is 8.27. The monoisotopic (exact) mass is 467 g/mol. The molecule has 35 heavy (non-hydrogen) atoms. The summed E-state index contributed by atoms with van der Waals surface area (Å²) in [5, 5.41) is 9.88. The van der Waals surface area contributed by atoms with Crippen molar-refractivity contribution < 1.29 is 9.47 Å². The number of hydrogen-bond acceptors (Lipinski definition) is 9. The summed E-state index contributed by atoms with van der Waals surface area (Å²) >= 11 is 0. The van der Waals surface area contributed by atoms with Gasteiger partial charge in [0.05, 0.1) is 31.4 Å². The van der Waals surface area contributed by atoms with Gasteiger partial charge in [-0.1, -0.05) is 12.1 Å². The molecule has 1 saturated heterocycles. The molecule has 2 aromatic heterocycles. The van der Waals surface area contributed by atoms with Crippen LogP contribution in [0.1, 0.15) is 16.7 Å². The standard InChI is InChI=1S/C26H25N7O2/c1-34-23-12-21-22(13-24(23)35-2)30-17-31-25(21)32-7-9-33(10-8-32)26-28-15-20(16-29-26)11-18-3-5-19(14-27)6-4-18/h3-6,12-13,15-17H,7-11H2,1-2H3. The summed E-state index contributed by atoms with van der Waals surface area (Å²) in [4.78, 5) is 22.6. The van der Waals surface area contributed by atoms with E-state index in [0.717, 1.165) is 66.4 Å². The number of benzene rings is 2. The number of anilines is 2. The molecule has 9 heteroatoms. The van der Waals surface area contributed by atoms with Gasteiger partial charge in [0, 0.05) is 56.4 Å². The predicted octanol–water partition coefficient (Wildman–Crippen LogP) is 3.23. The lowest BCUT2D eigenvalue weighted by Gasteiger charge is -2.35. The van der Waals surface area contributed by atoms with Crippen molar-refractivity contribution >= 4 is 22.7 Å². The van der Waals surface area contributed by atoms with Crippen LogP contribution in [0, 0.1) is 11.3 Å². The summed E-state index contributed by atoms with van der Waals surface area (Å²) < 4.78 is 10.9. The normalized spacial score (nSPS) is 13.5. The molecule has 1 fully saturated rings. The van der Waals surface area contributed by atoms with E-state index < -0.39 is 0 Å². The summed E-state index contributed by atoms with van der Waals surface area (Å²) in [7, 11) is 3.24. The number of rotatable bonds is 6. The van der Waals surface area contributed by atoms with Gasteiger partial charge in [-0.3, -0.25) is 0 Å². The van der Waals surface area contributed by atoms with Crippen molar-refractivity contribution in [2.75, 3.05) is 50.2 Å². The molecule has 0 unspecified atom stereocenters. The van der Waals surface area contributed by atoms with E-state index in [1.165, 1.54) is 0 Å². The molecule has 1 aliphatic heterocycles. The Morgan fingerprint density at radius 1 is 0.829 bits per heavy atom. The number of ether oxygens (including phenoxy) is 2. The molecule has 176 valence electrons. The molecule has 0 N–H and O–H groups in total. The molecule has 9 nitrogen and oxygen atoms in total. The molecule has 0 amide bonds. The second-order valence-electron chi connectivity index (χ2n) is 8.27. The quantitative estimate of drug-likeness (QED) is 0.423. The molecule has 0 aliphatic carbocycles. The topological polar surface area (TPSA) is 100 Å². The highest BCUT2D eigenvalue weighted by Gasteiger charge is 2.22. The Kier molecular flexibility index (Phi) is 6.26. The van der Waals surface area contributed by atoms with Gasteiger partial charge in [0.15, 0.2) is 11.5 Å². The van der Waals surface area contributed by atoms with Crippen LogP contribution in [-0.2, 0) is 6.42 Å². The molecule has 1 aliphatic rings. The molecule has 0 bridgehead atoms. The second kappa shape index (κ2) is 9.81. The summed E-state index contributed by atoms with van der Waals surface area (Å²) in [5.74, 6) is 2.92. The lowest BCUT2D eigenvalue weighted by molar-refractivity contribution is 0.356. The predicted molar refractivity (Wildman–Crippen MR) is 133 cm³/mol. The van der Waals surface area contributed by atoms with Gasteiger partial charge in [0.25, 0.3) is 0 Å². The largest absolute Gasteiger partial charge is 0.493 e. The Hall–Kier alpha value is -4.45. The van der Waals surface area contributed by atoms with Crippen molar-refractivity contribution in [2.24, 2.45) is 0 Å². The van der Waals surface area contributed by atoms with Crippen molar-refractivity contribution in [3.05, 3.63) is 71.8 Å². The first-order valence-corrected chi connectivity index (χ1v) is 11.3. The van der Waals surface area contributed by atoms with Gasteiger partial charge in [-0.15, -0.1) is 0 Å². The van der Waals surface area contributed by atoms with Crippen molar-refractivity contribution in [2.45, 2.75) is 6.42 Å². The fraction of sp³-hybridized carbons (Fsp3) is 0.269. The van der Waals surface area contributed by atoms with Gasteiger partial charge in [-0.25, -0.2) is 19.9 Å². The van der Waals surface area contributed by atoms with Gasteiger partial charge < -0.3 is 19.3 Å². The van der Waals surface area contributed by atoms with Crippen molar-refractivity contribution in [3.63, 3.8) is 0 Å². The number of aromatic nitrogens is 4. The van der Waals surface area contributed by atoms with E-state index in [1.54, 1.807) is 20.5 Å². The number of fused-ring (bicyclic) bond motifs is 1. The van der Waals surface area contributed by atoms with Gasteiger partial charge >= 0.3 is 0 Å². The average molecular weight is 468 g/mol. The fourth-order valence-corrected chi connectivity index (χ4v) is 4.28. The molecule has 0 spiro atoms. The Bertz CT molecular complexity index is 1360. The van der Waals surface area contributed by atoms with E-state index in [0.29, 0.717) is 17.1 Å². The van der Waals surface area contributed by atoms with Gasteiger partial charge in [-0.05, 0) is 29.3 Å². The molecule has 4 aromatic rings. The molecule has 5 rings (SSSR count). The summed E-state index contributed by atoms with van der Waals surface area (Å²) in [5.41, 5.74) is 3.64. The Balaban J connectivity index is 1.26. The van der Waals surface area contributed by atoms with Crippen LogP contribution in [0.2, 0.25) is 0 Å². The minimum Gasteiger partial charge on any atom is -0.493 e. The number of methoxy groups -OCH3 is 2. The Labute approximate surface area is 203 Å². The van der Waals surface area contributed by atoms with Crippen LogP contribution in [0.3, 0.4) is 0 Å². The first-order chi connectivity index (χ1) is 17.2. The van der Waals surface area contributed by atoms with E-state index in [9.17, 15) is 0 Å². The third kappa shape index (κ3) is 4.64. The minimum absolute atomic E-state index is 0.647. The maximum Gasteiger partial charge on any atom is 0.225 e. The molecule has 3 heterocycles. The Morgan fingerprint density at radius 2 is 1.49 bits per heavy atom. The molecule has 0 saturated carbocycles. The first kappa shape index (κ1) is 22.3. The highest BCUT2D eigenvalue weighted by atomic mass is 16.5. The van der Waals surface area contributed by atoms with E-state index in [1.807, 2.05) is 48.8 Å². The molecule has 2 aromatic carbocycles. The number of nitriles is 1. The molecule has 0 atom stereocenters. The zero-order chi connectivity index (χ0) is 24.2. The van der Waals surface area contributed by atoms with Crippen molar-refractivity contribution in [1.82, 2.24) is 19.9 Å². The highest BCUT2D eigenvalue weighted by molar-refractivity contribution is 5.92. The van der Waals surface area contributed by atoms with E-state index in [4.69, 9.17) is 14.7 Å². The van der Waals surface area contributed by atoms with Crippen LogP contribution >= 0.6 is 0 Å². The smallest absolute Gasteiger partial charge is 0.225 e. The maximum atomic E-state index is 8.95. The Morgan fingerprint density at radius 3 is 2.14 bits per heavy atom. The minimum atomic E-state index is 0.647. The van der Waals surface area contributed by atoms with Crippen LogP contribution in [0.5, 0.6) is 11.5 Å². The zero-order valence-corrected chi connectivity index (χ0v) is 19.7. The summed E-state index contributed by atoms with van der Waals surface area (Å²) in [6, 6.07) is 13.6. The van der Waals surface area contributed by atoms with E-state index in [-0.39, 0.29) is 0 Å². The lowest BCUT2D eigenvalue weighted by Crippen LogP contribution is -2.47. The van der Waals surface area contributed by atoms with Crippen molar-refractivity contribution in [1.29, 1.82) is 5.26 Å². The van der Waals surface area contributed by atoms with E-state index >= 15 is 0 Å². The molecule has 0 radical (unpaired) electrons. The van der Waals surface area contributed by atoms with Crippen LogP contribution in [-0.4, -0.2) is 60.3 Å². The number of piperazine rings is 1. The first-order valence-electron chi connectivity index (χ1n) is 11.3. The fourth-order valence-electron chi connectivity index (χ4n) is 4.28. The maximum absolute atomic E-state index is 8.95. The van der Waals surface area contributed by atoms with Crippen LogP contribution in [0.4, 0.5) is 11.8 Å².